The first-order valence-electron chi connectivity index (χ1n) is 4.60. The van der Waals surface area contributed by atoms with Crippen molar-refractivity contribution in [1.29, 1.82) is 0 Å². The normalized spacial score (nSPS) is 21.5. The van der Waals surface area contributed by atoms with E-state index in [4.69, 9.17) is 9.52 Å². The number of amides is 1. The van der Waals surface area contributed by atoms with Crippen LogP contribution >= 0.6 is 0 Å². The second kappa shape index (κ2) is 3.32. The van der Waals surface area contributed by atoms with Gasteiger partial charge in [0.25, 0.3) is 0 Å². The highest BCUT2D eigenvalue weighted by molar-refractivity contribution is 5.65. The number of hydrogen-bond donors (Lipinski definition) is 1. The standard InChI is InChI=1S/C9H12N2O3/c1-6-5-14-8(10-6)7-3-2-4-11(7)9(12)13/h5,7H,2-4H2,1H3,(H,12,13). The molecule has 5 nitrogen and oxygen atoms in total. The predicted molar refractivity (Wildman–Crippen MR) is 47.9 cm³/mol. The number of oxazole rings is 1. The lowest BCUT2D eigenvalue weighted by Gasteiger charge is -2.17. The quantitative estimate of drug-likeness (QED) is 0.743. The lowest BCUT2D eigenvalue weighted by atomic mass is 10.2. The van der Waals surface area contributed by atoms with E-state index in [2.05, 4.69) is 4.98 Å². The van der Waals surface area contributed by atoms with Crippen molar-refractivity contribution in [2.75, 3.05) is 6.54 Å². The minimum absolute atomic E-state index is 0.193. The zero-order chi connectivity index (χ0) is 10.1. The molecule has 1 N–H and O–H groups in total. The maximum Gasteiger partial charge on any atom is 0.407 e. The Labute approximate surface area is 81.3 Å². The number of aryl methyl sites for hydroxylation is 1. The van der Waals surface area contributed by atoms with Gasteiger partial charge in [0.2, 0.25) is 5.89 Å². The Kier molecular flexibility index (Phi) is 2.15. The molecule has 1 atom stereocenters. The Balaban J connectivity index is 2.21. The van der Waals surface area contributed by atoms with Crippen LogP contribution in [0.25, 0.3) is 0 Å². The highest BCUT2D eigenvalue weighted by Gasteiger charge is 2.32. The smallest absolute Gasteiger partial charge is 0.407 e. The van der Waals surface area contributed by atoms with Gasteiger partial charge in [-0.05, 0) is 19.8 Å². The molecule has 0 aromatic carbocycles. The van der Waals surface area contributed by atoms with Crippen molar-refractivity contribution in [1.82, 2.24) is 9.88 Å². The fraction of sp³-hybridized carbons (Fsp3) is 0.556. The van der Waals surface area contributed by atoms with Crippen molar-refractivity contribution in [3.63, 3.8) is 0 Å². The second-order valence-electron chi connectivity index (χ2n) is 3.46. The van der Waals surface area contributed by atoms with Crippen molar-refractivity contribution in [2.45, 2.75) is 25.8 Å². The van der Waals surface area contributed by atoms with Gasteiger partial charge in [0.15, 0.2) is 0 Å². The Morgan fingerprint density at radius 2 is 2.57 bits per heavy atom. The summed E-state index contributed by atoms with van der Waals surface area (Å²) in [5.41, 5.74) is 0.789. The molecule has 1 fully saturated rings. The van der Waals surface area contributed by atoms with Crippen LogP contribution in [0.15, 0.2) is 10.7 Å². The van der Waals surface area contributed by atoms with Gasteiger partial charge < -0.3 is 9.52 Å². The fourth-order valence-electron chi connectivity index (χ4n) is 1.78. The molecule has 1 amide bonds. The maximum absolute atomic E-state index is 10.8. The lowest BCUT2D eigenvalue weighted by molar-refractivity contribution is 0.134. The largest absolute Gasteiger partial charge is 0.465 e. The summed E-state index contributed by atoms with van der Waals surface area (Å²) in [6.45, 7) is 2.40. The van der Waals surface area contributed by atoms with E-state index >= 15 is 0 Å². The summed E-state index contributed by atoms with van der Waals surface area (Å²) in [5.74, 6) is 0.516. The number of nitrogens with zero attached hydrogens (tertiary/aromatic N) is 2. The summed E-state index contributed by atoms with van der Waals surface area (Å²) in [7, 11) is 0. The van der Waals surface area contributed by atoms with Crippen LogP contribution in [0.4, 0.5) is 4.79 Å². The Bertz CT molecular complexity index is 348. The number of likely N-dealkylation sites (tertiary alicyclic amines) is 1. The summed E-state index contributed by atoms with van der Waals surface area (Å²) in [6.07, 6.45) is 2.32. The van der Waals surface area contributed by atoms with Crippen LogP contribution in [0.5, 0.6) is 0 Å². The highest BCUT2D eigenvalue weighted by Crippen LogP contribution is 2.30. The van der Waals surface area contributed by atoms with Crippen LogP contribution in [0.3, 0.4) is 0 Å². The molecule has 1 saturated heterocycles. The lowest BCUT2D eigenvalue weighted by Crippen LogP contribution is -2.28. The van der Waals surface area contributed by atoms with Crippen LogP contribution < -0.4 is 0 Å². The molecule has 5 heteroatoms. The van der Waals surface area contributed by atoms with E-state index in [-0.39, 0.29) is 6.04 Å². The molecule has 76 valence electrons. The van der Waals surface area contributed by atoms with E-state index in [0.29, 0.717) is 12.4 Å². The number of hydrogen-bond acceptors (Lipinski definition) is 3. The minimum Gasteiger partial charge on any atom is -0.465 e. The third-order valence-electron chi connectivity index (χ3n) is 2.42. The first-order valence-corrected chi connectivity index (χ1v) is 4.60. The molecule has 1 unspecified atom stereocenters. The molecule has 2 rings (SSSR count). The zero-order valence-electron chi connectivity index (χ0n) is 7.93. The van der Waals surface area contributed by atoms with Gasteiger partial charge in [-0.1, -0.05) is 0 Å². The topological polar surface area (TPSA) is 66.6 Å². The number of aromatic nitrogens is 1. The van der Waals surface area contributed by atoms with Crippen molar-refractivity contribution in [3.05, 3.63) is 17.8 Å². The molecule has 14 heavy (non-hydrogen) atoms. The molecule has 0 radical (unpaired) electrons. The van der Waals surface area contributed by atoms with Crippen LogP contribution in [0.1, 0.15) is 30.5 Å². The van der Waals surface area contributed by atoms with Crippen molar-refractivity contribution < 1.29 is 14.3 Å². The summed E-state index contributed by atoms with van der Waals surface area (Å²) in [4.78, 5) is 16.4. The zero-order valence-corrected chi connectivity index (χ0v) is 7.93. The Morgan fingerprint density at radius 1 is 1.79 bits per heavy atom. The van der Waals surface area contributed by atoms with Gasteiger partial charge in [-0.15, -0.1) is 0 Å². The van der Waals surface area contributed by atoms with Gasteiger partial charge >= 0.3 is 6.09 Å². The van der Waals surface area contributed by atoms with Gasteiger partial charge in [-0.25, -0.2) is 9.78 Å². The monoisotopic (exact) mass is 196 g/mol. The maximum atomic E-state index is 10.8. The molecular weight excluding hydrogens is 184 g/mol. The summed E-state index contributed by atoms with van der Waals surface area (Å²) >= 11 is 0. The van der Waals surface area contributed by atoms with Crippen molar-refractivity contribution >= 4 is 6.09 Å². The van der Waals surface area contributed by atoms with Crippen LogP contribution in [-0.4, -0.2) is 27.6 Å². The predicted octanol–water partition coefficient (Wildman–Crippen LogP) is 1.80. The third-order valence-corrected chi connectivity index (χ3v) is 2.42. The van der Waals surface area contributed by atoms with E-state index in [0.717, 1.165) is 18.5 Å². The first kappa shape index (κ1) is 9.05. The fourth-order valence-corrected chi connectivity index (χ4v) is 1.78. The van der Waals surface area contributed by atoms with Crippen LogP contribution in [0, 0.1) is 6.92 Å². The molecule has 0 aliphatic carbocycles. The molecule has 0 bridgehead atoms. The SMILES string of the molecule is Cc1coc(C2CCCN2C(=O)O)n1. The van der Waals surface area contributed by atoms with E-state index < -0.39 is 6.09 Å². The number of carbonyl (C=O) groups is 1. The number of rotatable bonds is 1. The van der Waals surface area contributed by atoms with Gasteiger partial charge in [0, 0.05) is 6.54 Å². The third kappa shape index (κ3) is 1.45. The minimum atomic E-state index is -0.900. The molecule has 1 aromatic heterocycles. The van der Waals surface area contributed by atoms with Crippen molar-refractivity contribution in [2.24, 2.45) is 0 Å². The van der Waals surface area contributed by atoms with Gasteiger partial charge in [-0.2, -0.15) is 0 Å². The van der Waals surface area contributed by atoms with E-state index in [9.17, 15) is 4.79 Å². The average molecular weight is 196 g/mol. The molecular formula is C9H12N2O3. The molecule has 1 aliphatic heterocycles. The second-order valence-corrected chi connectivity index (χ2v) is 3.46. The van der Waals surface area contributed by atoms with Gasteiger partial charge in [0.05, 0.1) is 5.69 Å². The van der Waals surface area contributed by atoms with E-state index in [1.165, 1.54) is 4.90 Å². The molecule has 1 aromatic rings. The number of carboxylic acid groups (broad SMARTS) is 1. The molecule has 0 saturated carbocycles. The van der Waals surface area contributed by atoms with E-state index in [1.807, 2.05) is 6.92 Å². The van der Waals surface area contributed by atoms with Gasteiger partial charge in [-0.3, -0.25) is 4.90 Å². The van der Waals surface area contributed by atoms with Crippen LogP contribution in [-0.2, 0) is 0 Å². The summed E-state index contributed by atoms with van der Waals surface area (Å²) in [5, 5.41) is 8.91. The van der Waals surface area contributed by atoms with Crippen molar-refractivity contribution in [3.8, 4) is 0 Å². The Hall–Kier alpha value is -1.52. The summed E-state index contributed by atoms with van der Waals surface area (Å²) < 4.78 is 5.21. The Morgan fingerprint density at radius 3 is 3.14 bits per heavy atom. The first-order chi connectivity index (χ1) is 6.68. The average Bonchev–Trinajstić information content (AvgIpc) is 2.70. The molecule has 2 heterocycles. The molecule has 1 aliphatic rings. The van der Waals surface area contributed by atoms with E-state index in [1.54, 1.807) is 6.26 Å². The highest BCUT2D eigenvalue weighted by atomic mass is 16.4. The van der Waals surface area contributed by atoms with Gasteiger partial charge in [0.1, 0.15) is 12.3 Å². The van der Waals surface area contributed by atoms with Crippen LogP contribution in [0.2, 0.25) is 0 Å². The summed E-state index contributed by atoms with van der Waals surface area (Å²) in [6, 6.07) is -0.193. The molecule has 0 spiro atoms.